The van der Waals surface area contributed by atoms with Crippen LogP contribution in [-0.4, -0.2) is 0 Å². The summed E-state index contributed by atoms with van der Waals surface area (Å²) in [6.45, 7) is 11.8. The van der Waals surface area contributed by atoms with E-state index in [0.717, 1.165) is 18.4 Å². The molecule has 0 aromatic carbocycles. The summed E-state index contributed by atoms with van der Waals surface area (Å²) in [5.74, 6) is 0. The maximum absolute atomic E-state index is 3.92. The predicted molar refractivity (Wildman–Crippen MR) is 57.1 cm³/mol. The Kier molecular flexibility index (Phi) is 6.08. The van der Waals surface area contributed by atoms with Gasteiger partial charge in [0.15, 0.2) is 0 Å². The Morgan fingerprint density at radius 3 is 2.50 bits per heavy atom. The Balaban J connectivity index is 4.41. The highest BCUT2D eigenvalue weighted by Gasteiger charge is 1.95. The second-order valence-electron chi connectivity index (χ2n) is 2.70. The van der Waals surface area contributed by atoms with Gasteiger partial charge < -0.3 is 0 Å². The number of hydrogen-bond donors (Lipinski definition) is 0. The molecule has 0 aliphatic heterocycles. The molecule has 0 amide bonds. The van der Waals surface area contributed by atoms with Crippen LogP contribution in [0.3, 0.4) is 0 Å². The fraction of sp³-hybridized carbons (Fsp3) is 0.333. The number of rotatable bonds is 5. The average Bonchev–Trinajstić information content (AvgIpc) is 2.11. The van der Waals surface area contributed by atoms with Gasteiger partial charge in [0.25, 0.3) is 0 Å². The van der Waals surface area contributed by atoms with Gasteiger partial charge in [-0.05, 0) is 24.5 Å². The minimum Gasteiger partial charge on any atom is -0.0985 e. The smallest absolute Gasteiger partial charge is 0.0276 e. The van der Waals surface area contributed by atoms with Crippen molar-refractivity contribution >= 4 is 0 Å². The van der Waals surface area contributed by atoms with E-state index in [1.807, 2.05) is 25.2 Å². The molecule has 0 unspecified atom stereocenters. The van der Waals surface area contributed by atoms with Crippen LogP contribution < -0.4 is 0 Å². The van der Waals surface area contributed by atoms with E-state index in [-0.39, 0.29) is 0 Å². The summed E-state index contributed by atoms with van der Waals surface area (Å²) in [7, 11) is 0. The second kappa shape index (κ2) is 6.66. The van der Waals surface area contributed by atoms with Crippen LogP contribution in [-0.2, 0) is 0 Å². The molecule has 0 aliphatic carbocycles. The highest BCUT2D eigenvalue weighted by atomic mass is 14.0. The summed E-state index contributed by atoms with van der Waals surface area (Å²) >= 11 is 0. The van der Waals surface area contributed by atoms with Crippen molar-refractivity contribution < 1.29 is 0 Å². The van der Waals surface area contributed by atoms with Crippen LogP contribution in [0.4, 0.5) is 0 Å². The normalized spacial score (nSPS) is 12.0. The lowest BCUT2D eigenvalue weighted by atomic mass is 10.0. The minimum atomic E-state index is 1.04. The van der Waals surface area contributed by atoms with E-state index in [9.17, 15) is 0 Å². The SMILES string of the molecule is C=CC(=C)/C(=C\C=C/C)CCC. The molecule has 0 N–H and O–H groups in total. The second-order valence-corrected chi connectivity index (χ2v) is 2.70. The molecule has 0 nitrogen and oxygen atoms in total. The molecular formula is C12H18. The minimum absolute atomic E-state index is 1.04. The summed E-state index contributed by atoms with van der Waals surface area (Å²) < 4.78 is 0. The van der Waals surface area contributed by atoms with E-state index in [1.54, 1.807) is 0 Å². The van der Waals surface area contributed by atoms with E-state index in [4.69, 9.17) is 0 Å². The van der Waals surface area contributed by atoms with Crippen LogP contribution in [0.15, 0.2) is 48.6 Å². The maximum Gasteiger partial charge on any atom is -0.0276 e. The van der Waals surface area contributed by atoms with Crippen molar-refractivity contribution in [2.75, 3.05) is 0 Å². The molecule has 0 heteroatoms. The fourth-order valence-corrected chi connectivity index (χ4v) is 0.964. The first-order chi connectivity index (χ1) is 5.76. The summed E-state index contributed by atoms with van der Waals surface area (Å²) in [4.78, 5) is 0. The summed E-state index contributed by atoms with van der Waals surface area (Å²) in [5, 5.41) is 0. The molecule has 0 spiro atoms. The van der Waals surface area contributed by atoms with E-state index in [0.29, 0.717) is 0 Å². The van der Waals surface area contributed by atoms with Crippen LogP contribution >= 0.6 is 0 Å². The lowest BCUT2D eigenvalue weighted by molar-refractivity contribution is 0.919. The molecule has 0 saturated carbocycles. The molecular weight excluding hydrogens is 144 g/mol. The van der Waals surface area contributed by atoms with Gasteiger partial charge in [-0.3, -0.25) is 0 Å². The zero-order valence-electron chi connectivity index (χ0n) is 8.14. The van der Waals surface area contributed by atoms with Crippen LogP contribution in [0.1, 0.15) is 26.7 Å². The van der Waals surface area contributed by atoms with Crippen molar-refractivity contribution in [2.24, 2.45) is 0 Å². The Morgan fingerprint density at radius 1 is 1.42 bits per heavy atom. The molecule has 0 aromatic heterocycles. The molecule has 0 rings (SSSR count). The molecule has 12 heavy (non-hydrogen) atoms. The Hall–Kier alpha value is -1.04. The largest absolute Gasteiger partial charge is 0.0985 e. The van der Waals surface area contributed by atoms with Gasteiger partial charge in [-0.15, -0.1) is 0 Å². The molecule has 0 heterocycles. The summed E-state index contributed by atoms with van der Waals surface area (Å²) in [6.07, 6.45) is 10.2. The molecule has 66 valence electrons. The third-order valence-electron chi connectivity index (χ3n) is 1.67. The molecule has 0 bridgehead atoms. The predicted octanol–water partition coefficient (Wildman–Crippen LogP) is 4.03. The standard InChI is InChI=1S/C12H18/c1-5-8-10-12(9-6-2)11(4)7-3/h5,7-8,10H,3-4,6,9H2,1-2H3/b8-5-,12-10-. The molecule has 0 aliphatic rings. The molecule has 0 aromatic rings. The fourth-order valence-electron chi connectivity index (χ4n) is 0.964. The zero-order valence-corrected chi connectivity index (χ0v) is 8.14. The number of allylic oxidation sites excluding steroid dienone is 6. The van der Waals surface area contributed by atoms with Gasteiger partial charge in [-0.25, -0.2) is 0 Å². The van der Waals surface area contributed by atoms with Crippen LogP contribution in [0, 0.1) is 0 Å². The first-order valence-electron chi connectivity index (χ1n) is 4.39. The Morgan fingerprint density at radius 2 is 2.08 bits per heavy atom. The van der Waals surface area contributed by atoms with Crippen LogP contribution in [0.5, 0.6) is 0 Å². The molecule has 0 saturated heterocycles. The summed E-state index contributed by atoms with van der Waals surface area (Å²) in [6, 6.07) is 0. The number of hydrogen-bond acceptors (Lipinski definition) is 0. The van der Waals surface area contributed by atoms with Gasteiger partial charge >= 0.3 is 0 Å². The van der Waals surface area contributed by atoms with E-state index >= 15 is 0 Å². The topological polar surface area (TPSA) is 0 Å². The first kappa shape index (κ1) is 11.0. The Labute approximate surface area is 76.0 Å². The van der Waals surface area contributed by atoms with Crippen molar-refractivity contribution in [2.45, 2.75) is 26.7 Å². The highest BCUT2D eigenvalue weighted by Crippen LogP contribution is 2.14. The van der Waals surface area contributed by atoms with Crippen molar-refractivity contribution in [3.05, 3.63) is 48.6 Å². The van der Waals surface area contributed by atoms with Gasteiger partial charge in [0.2, 0.25) is 0 Å². The van der Waals surface area contributed by atoms with Gasteiger partial charge in [0.05, 0.1) is 0 Å². The van der Waals surface area contributed by atoms with Crippen molar-refractivity contribution in [3.63, 3.8) is 0 Å². The van der Waals surface area contributed by atoms with Crippen LogP contribution in [0.25, 0.3) is 0 Å². The van der Waals surface area contributed by atoms with Gasteiger partial charge in [0, 0.05) is 0 Å². The third-order valence-corrected chi connectivity index (χ3v) is 1.67. The lowest BCUT2D eigenvalue weighted by Gasteiger charge is -2.03. The molecule has 0 atom stereocenters. The Bertz CT molecular complexity index is 204. The van der Waals surface area contributed by atoms with Gasteiger partial charge in [-0.1, -0.05) is 50.8 Å². The quantitative estimate of drug-likeness (QED) is 0.535. The van der Waals surface area contributed by atoms with Crippen molar-refractivity contribution in [1.82, 2.24) is 0 Å². The first-order valence-corrected chi connectivity index (χ1v) is 4.39. The van der Waals surface area contributed by atoms with Crippen molar-refractivity contribution in [1.29, 1.82) is 0 Å². The molecule has 0 radical (unpaired) electrons. The maximum atomic E-state index is 3.92. The van der Waals surface area contributed by atoms with Crippen molar-refractivity contribution in [3.8, 4) is 0 Å². The zero-order chi connectivity index (χ0) is 9.40. The van der Waals surface area contributed by atoms with E-state index < -0.39 is 0 Å². The third kappa shape index (κ3) is 3.97. The average molecular weight is 162 g/mol. The monoisotopic (exact) mass is 162 g/mol. The highest BCUT2D eigenvalue weighted by molar-refractivity contribution is 5.38. The van der Waals surface area contributed by atoms with Gasteiger partial charge in [0.1, 0.15) is 0 Å². The van der Waals surface area contributed by atoms with Gasteiger partial charge in [-0.2, -0.15) is 0 Å². The van der Waals surface area contributed by atoms with Crippen LogP contribution in [0.2, 0.25) is 0 Å². The van der Waals surface area contributed by atoms with E-state index in [2.05, 4.69) is 26.2 Å². The summed E-state index contributed by atoms with van der Waals surface area (Å²) in [5.41, 5.74) is 2.32. The molecule has 0 fully saturated rings. The van der Waals surface area contributed by atoms with E-state index in [1.165, 1.54) is 5.57 Å². The lowest BCUT2D eigenvalue weighted by Crippen LogP contribution is -1.83.